The van der Waals surface area contributed by atoms with Crippen molar-refractivity contribution >= 4 is 0 Å². The Hall–Kier alpha value is -1.03. The van der Waals surface area contributed by atoms with Gasteiger partial charge in [-0.2, -0.15) is 0 Å². The topological polar surface area (TPSA) is 59.7 Å². The summed E-state index contributed by atoms with van der Waals surface area (Å²) in [5.41, 5.74) is 3.13. The van der Waals surface area contributed by atoms with Gasteiger partial charge in [0.1, 0.15) is 0 Å². The van der Waals surface area contributed by atoms with Crippen molar-refractivity contribution in [3.63, 3.8) is 0 Å². The van der Waals surface area contributed by atoms with Crippen molar-refractivity contribution < 1.29 is 31.3 Å². The summed E-state index contributed by atoms with van der Waals surface area (Å²) in [5, 5.41) is 0. The van der Waals surface area contributed by atoms with Gasteiger partial charge in [0.15, 0.2) is 0 Å². The van der Waals surface area contributed by atoms with Gasteiger partial charge in [0.2, 0.25) is 0 Å². The van der Waals surface area contributed by atoms with E-state index >= 15 is 0 Å². The van der Waals surface area contributed by atoms with Gasteiger partial charge >= 0.3 is 33.9 Å². The summed E-state index contributed by atoms with van der Waals surface area (Å²) in [6, 6.07) is 8.74. The molecule has 0 saturated heterocycles. The second kappa shape index (κ2) is 16.4. The van der Waals surface area contributed by atoms with Gasteiger partial charge < -0.3 is 0 Å². The normalized spacial score (nSPS) is 9.12. The van der Waals surface area contributed by atoms with Crippen molar-refractivity contribution in [2.75, 3.05) is 0 Å². The Kier molecular flexibility index (Phi) is 20.9. The van der Waals surface area contributed by atoms with Crippen LogP contribution in [0.3, 0.4) is 0 Å². The zero-order valence-corrected chi connectivity index (χ0v) is 9.84. The van der Waals surface area contributed by atoms with Gasteiger partial charge in [0.05, 0.1) is 0 Å². The van der Waals surface area contributed by atoms with Crippen LogP contribution in [-0.2, 0) is 44.2 Å². The molecule has 0 atom stereocenters. The molecule has 0 amide bonds. The second-order valence-corrected chi connectivity index (χ2v) is 2.62. The summed E-state index contributed by atoms with van der Waals surface area (Å²) in [6.07, 6.45) is 3.96. The number of fused-ring (bicyclic) bond motifs is 1. The van der Waals surface area contributed by atoms with Crippen LogP contribution in [0, 0.1) is 20.0 Å². The predicted molar refractivity (Wildman–Crippen MR) is 50.3 cm³/mol. The minimum atomic E-state index is 0. The fourth-order valence-corrected chi connectivity index (χ4v) is 1.51. The summed E-state index contributed by atoms with van der Waals surface area (Å²) < 4.78 is 22.5. The standard InChI is InChI=1S/C9H10.3CO.Cr/c1-2-5-9-7-3-6-8(9)4-1;3*1-2;/h1-2,4-5H,3,6-7H2;;;;. The van der Waals surface area contributed by atoms with Crippen LogP contribution in [0.2, 0.25) is 0 Å². The number of hydrogen-bond donors (Lipinski definition) is 0. The molecular formula is C12H10CrO3. The van der Waals surface area contributed by atoms with Gasteiger partial charge in [-0.05, 0) is 30.4 Å². The second-order valence-electron chi connectivity index (χ2n) is 2.62. The molecule has 0 bridgehead atoms. The van der Waals surface area contributed by atoms with Gasteiger partial charge in [-0.15, -0.1) is 0 Å². The smallest absolute Gasteiger partial charge is 0 e. The fourth-order valence-electron chi connectivity index (χ4n) is 1.51. The number of rotatable bonds is 0. The molecule has 4 heteroatoms. The van der Waals surface area contributed by atoms with E-state index in [9.17, 15) is 0 Å². The Balaban J connectivity index is -0.000000214. The first-order chi connectivity index (χ1) is 7.47. The summed E-state index contributed by atoms with van der Waals surface area (Å²) in [5.74, 6) is 0. The molecule has 0 heterocycles. The number of hydrogen-bond acceptors (Lipinski definition) is 0. The van der Waals surface area contributed by atoms with E-state index in [1.54, 1.807) is 11.1 Å². The van der Waals surface area contributed by atoms with Crippen LogP contribution in [-0.4, -0.2) is 0 Å². The van der Waals surface area contributed by atoms with Crippen LogP contribution in [0.5, 0.6) is 0 Å². The largest absolute Gasteiger partial charge is 0.0620 e. The van der Waals surface area contributed by atoms with E-state index in [0.717, 1.165) is 0 Å². The molecule has 0 fully saturated rings. The summed E-state index contributed by atoms with van der Waals surface area (Å²) >= 11 is 0. The number of aryl methyl sites for hydroxylation is 2. The maximum Gasteiger partial charge on any atom is 0 e. The first-order valence-electron chi connectivity index (χ1n) is 4.15. The van der Waals surface area contributed by atoms with E-state index in [1.165, 1.54) is 19.3 Å². The third-order valence-corrected chi connectivity index (χ3v) is 2.01. The van der Waals surface area contributed by atoms with Crippen molar-refractivity contribution in [3.8, 4) is 0 Å². The average molecular weight is 254 g/mol. The van der Waals surface area contributed by atoms with E-state index in [-0.39, 0.29) is 17.4 Å². The quantitative estimate of drug-likeness (QED) is 0.502. The molecule has 0 spiro atoms. The average Bonchev–Trinajstić information content (AvgIpc) is 2.85. The fraction of sp³-hybridized carbons (Fsp3) is 0.250. The third-order valence-electron chi connectivity index (χ3n) is 2.01. The van der Waals surface area contributed by atoms with Crippen LogP contribution >= 0.6 is 0 Å². The van der Waals surface area contributed by atoms with E-state index in [2.05, 4.69) is 44.2 Å². The monoisotopic (exact) mass is 254 g/mol. The first kappa shape index (κ1) is 20.4. The minimum absolute atomic E-state index is 0. The van der Waals surface area contributed by atoms with Gasteiger partial charge in [-0.25, -0.2) is 0 Å². The predicted octanol–water partition coefficient (Wildman–Crippen LogP) is 2.06. The van der Waals surface area contributed by atoms with Crippen LogP contribution in [0.25, 0.3) is 0 Å². The molecule has 82 valence electrons. The molecule has 1 aromatic carbocycles. The molecule has 0 saturated carbocycles. The Bertz CT molecular complexity index is 291. The van der Waals surface area contributed by atoms with Crippen LogP contribution in [0.1, 0.15) is 17.5 Å². The Morgan fingerprint density at radius 1 is 0.750 bits per heavy atom. The maximum absolute atomic E-state index is 7.50. The Morgan fingerprint density at radius 3 is 1.38 bits per heavy atom. The summed E-state index contributed by atoms with van der Waals surface area (Å²) in [6.45, 7) is 13.5. The maximum atomic E-state index is 7.50. The van der Waals surface area contributed by atoms with E-state index in [1.807, 2.05) is 0 Å². The molecule has 0 aliphatic heterocycles. The molecule has 1 aliphatic carbocycles. The van der Waals surface area contributed by atoms with Crippen molar-refractivity contribution in [3.05, 3.63) is 55.3 Å². The Labute approximate surface area is 106 Å². The zero-order chi connectivity index (χ0) is 12.1. The van der Waals surface area contributed by atoms with Gasteiger partial charge in [0, 0.05) is 17.4 Å². The summed E-state index contributed by atoms with van der Waals surface area (Å²) in [7, 11) is 0. The Morgan fingerprint density at radius 2 is 1.06 bits per heavy atom. The van der Waals surface area contributed by atoms with E-state index in [4.69, 9.17) is 14.0 Å². The molecule has 3 nitrogen and oxygen atoms in total. The minimum Gasteiger partial charge on any atom is -0.0620 e. The van der Waals surface area contributed by atoms with Gasteiger partial charge in [0.25, 0.3) is 0 Å². The molecule has 0 radical (unpaired) electrons. The van der Waals surface area contributed by atoms with Crippen molar-refractivity contribution in [1.82, 2.24) is 0 Å². The van der Waals surface area contributed by atoms with Crippen LogP contribution in [0.4, 0.5) is 0 Å². The molecule has 1 aliphatic rings. The molecule has 0 N–H and O–H groups in total. The van der Waals surface area contributed by atoms with Crippen molar-refractivity contribution in [2.45, 2.75) is 19.3 Å². The van der Waals surface area contributed by atoms with E-state index < -0.39 is 0 Å². The SMILES string of the molecule is [C-]#[O+].[C-]#[O+].[C-]#[O+].[Cr].c1ccc2c(c1)CCC2. The van der Waals surface area contributed by atoms with Crippen LogP contribution in [0.15, 0.2) is 24.3 Å². The van der Waals surface area contributed by atoms with E-state index in [0.29, 0.717) is 0 Å². The molecule has 0 aromatic heterocycles. The third kappa shape index (κ3) is 7.29. The molecular weight excluding hydrogens is 244 g/mol. The molecule has 0 unspecified atom stereocenters. The van der Waals surface area contributed by atoms with Crippen molar-refractivity contribution in [1.29, 1.82) is 0 Å². The zero-order valence-electron chi connectivity index (χ0n) is 8.56. The molecule has 16 heavy (non-hydrogen) atoms. The van der Waals surface area contributed by atoms with Gasteiger partial charge in [-0.3, -0.25) is 0 Å². The number of benzene rings is 1. The molecule has 2 rings (SSSR count). The molecule has 1 aromatic rings. The summed E-state index contributed by atoms with van der Waals surface area (Å²) in [4.78, 5) is 0. The van der Waals surface area contributed by atoms with Gasteiger partial charge in [-0.1, -0.05) is 24.3 Å². The van der Waals surface area contributed by atoms with Crippen LogP contribution < -0.4 is 0 Å². The van der Waals surface area contributed by atoms with Crippen molar-refractivity contribution in [2.24, 2.45) is 0 Å². The first-order valence-corrected chi connectivity index (χ1v) is 4.15.